The second-order valence-corrected chi connectivity index (χ2v) is 13.9. The Bertz CT molecular complexity index is 2280. The van der Waals surface area contributed by atoms with E-state index in [1.807, 2.05) is 72.6 Å². The fourth-order valence-corrected chi connectivity index (χ4v) is 7.38. The molecule has 8 heteroatoms. The molecule has 8 rings (SSSR count). The van der Waals surface area contributed by atoms with Crippen LogP contribution in [0.25, 0.3) is 22.0 Å². The Morgan fingerprint density at radius 3 is 2.10 bits per heavy atom. The van der Waals surface area contributed by atoms with E-state index in [4.69, 9.17) is 11.6 Å². The maximum atomic E-state index is 6.69. The van der Waals surface area contributed by atoms with Crippen LogP contribution >= 0.6 is 45.5 Å². The third kappa shape index (κ3) is 7.12. The molecule has 0 saturated heterocycles. The van der Waals surface area contributed by atoms with E-state index in [1.165, 1.54) is 14.3 Å². The van der Waals surface area contributed by atoms with E-state index in [-0.39, 0.29) is 0 Å². The Morgan fingerprint density at radius 1 is 0.740 bits per heavy atom. The summed E-state index contributed by atoms with van der Waals surface area (Å²) in [4.78, 5) is 8.91. The molecule has 0 atom stereocenters. The van der Waals surface area contributed by atoms with Crippen molar-refractivity contribution in [1.82, 2.24) is 14.5 Å². The standard InChI is InChI=1S/C22H17ClN2.C20H14IN3S/c23-21-14-8-7-13-20(21)22(25-16-15-24-17-25,18-9-3-1-4-10-18)19-11-5-2-6-12-19;21-17-10-8-15(9-11-17)19-13-25-20(23-19)24-22-12-16-6-3-5-14-4-1-2-7-18(14)16/h1-17H;1-13H,(H,23,24)/b;22-12-. The van der Waals surface area contributed by atoms with Crippen LogP contribution in [0.1, 0.15) is 22.3 Å². The van der Waals surface area contributed by atoms with Crippen molar-refractivity contribution in [2.75, 3.05) is 5.43 Å². The lowest BCUT2D eigenvalue weighted by molar-refractivity contribution is 0.515. The summed E-state index contributed by atoms with van der Waals surface area (Å²) >= 11 is 10.5. The number of thiazole rings is 1. The topological polar surface area (TPSA) is 55.1 Å². The number of rotatable bonds is 8. The number of benzene rings is 6. The molecule has 2 aromatic heterocycles. The number of anilines is 1. The number of nitrogens with one attached hydrogen (secondary N) is 1. The number of halogens is 2. The summed E-state index contributed by atoms with van der Waals surface area (Å²) < 4.78 is 3.34. The maximum absolute atomic E-state index is 6.69. The summed E-state index contributed by atoms with van der Waals surface area (Å²) in [7, 11) is 0. The van der Waals surface area contributed by atoms with Crippen LogP contribution in [0.3, 0.4) is 0 Å². The Labute approximate surface area is 314 Å². The number of imidazole rings is 1. The molecule has 6 aromatic carbocycles. The first-order valence-electron chi connectivity index (χ1n) is 16.0. The predicted molar refractivity (Wildman–Crippen MR) is 217 cm³/mol. The van der Waals surface area contributed by atoms with Gasteiger partial charge in [0.25, 0.3) is 0 Å². The van der Waals surface area contributed by atoms with Gasteiger partial charge in [-0.1, -0.05) is 145 Å². The monoisotopic (exact) mass is 799 g/mol. The van der Waals surface area contributed by atoms with Gasteiger partial charge < -0.3 is 4.57 Å². The number of hydrazone groups is 1. The molecule has 1 N–H and O–H groups in total. The highest BCUT2D eigenvalue weighted by Crippen LogP contribution is 2.43. The number of aromatic nitrogens is 3. The van der Waals surface area contributed by atoms with Gasteiger partial charge >= 0.3 is 0 Å². The van der Waals surface area contributed by atoms with Crippen molar-refractivity contribution in [1.29, 1.82) is 0 Å². The molecule has 0 amide bonds. The van der Waals surface area contributed by atoms with Crippen LogP contribution in [-0.4, -0.2) is 20.7 Å². The Kier molecular flexibility index (Phi) is 10.4. The van der Waals surface area contributed by atoms with Crippen LogP contribution in [0.15, 0.2) is 181 Å². The molecule has 0 radical (unpaired) electrons. The largest absolute Gasteiger partial charge is 0.319 e. The normalized spacial score (nSPS) is 11.3. The zero-order chi connectivity index (χ0) is 34.2. The van der Waals surface area contributed by atoms with Crippen molar-refractivity contribution >= 4 is 67.6 Å². The molecule has 0 aliphatic heterocycles. The van der Waals surface area contributed by atoms with Crippen LogP contribution in [0.2, 0.25) is 5.02 Å². The van der Waals surface area contributed by atoms with Gasteiger partial charge in [0.05, 0.1) is 18.2 Å². The molecule has 5 nitrogen and oxygen atoms in total. The van der Waals surface area contributed by atoms with Gasteiger partial charge in [0.2, 0.25) is 5.13 Å². The molecule has 0 saturated carbocycles. The van der Waals surface area contributed by atoms with Gasteiger partial charge in [-0.2, -0.15) is 5.10 Å². The first-order valence-corrected chi connectivity index (χ1v) is 18.3. The molecule has 244 valence electrons. The average molecular weight is 800 g/mol. The molecule has 0 fully saturated rings. The van der Waals surface area contributed by atoms with Gasteiger partial charge in [0.1, 0.15) is 5.54 Å². The quantitative estimate of drug-likeness (QED) is 0.0721. The molecule has 0 aliphatic carbocycles. The molecule has 0 spiro atoms. The van der Waals surface area contributed by atoms with Crippen molar-refractivity contribution < 1.29 is 0 Å². The number of fused-ring (bicyclic) bond motifs is 1. The van der Waals surface area contributed by atoms with Gasteiger partial charge in [0.15, 0.2) is 0 Å². The van der Waals surface area contributed by atoms with E-state index in [0.717, 1.165) is 43.7 Å². The number of hydrogen-bond acceptors (Lipinski definition) is 5. The summed E-state index contributed by atoms with van der Waals surface area (Å²) in [6, 6.07) is 51.7. The molecule has 0 unspecified atom stereocenters. The maximum Gasteiger partial charge on any atom is 0.203 e. The van der Waals surface area contributed by atoms with Gasteiger partial charge in [0, 0.05) is 43.1 Å². The second kappa shape index (κ2) is 15.6. The lowest BCUT2D eigenvalue weighted by Crippen LogP contribution is -2.37. The smallest absolute Gasteiger partial charge is 0.203 e. The highest BCUT2D eigenvalue weighted by molar-refractivity contribution is 14.1. The van der Waals surface area contributed by atoms with Crippen LogP contribution < -0.4 is 5.43 Å². The van der Waals surface area contributed by atoms with Crippen LogP contribution in [0, 0.1) is 3.57 Å². The van der Waals surface area contributed by atoms with Crippen LogP contribution in [-0.2, 0) is 5.54 Å². The number of nitrogens with zero attached hydrogens (tertiary/aromatic N) is 4. The molecule has 0 bridgehead atoms. The van der Waals surface area contributed by atoms with Gasteiger partial charge in [-0.15, -0.1) is 11.3 Å². The minimum absolute atomic E-state index is 0.586. The second-order valence-electron chi connectivity index (χ2n) is 11.4. The molecular weight excluding hydrogens is 769 g/mol. The molecule has 8 aromatic rings. The SMILES string of the molecule is Clc1ccccc1C(c1ccccc1)(c1ccccc1)n1ccnc1.Ic1ccc(-c2csc(N/N=C\c3cccc4ccccc34)n2)cc1. The lowest BCUT2D eigenvalue weighted by Gasteiger charge is -2.37. The van der Waals surface area contributed by atoms with Crippen molar-refractivity contribution in [3.05, 3.63) is 207 Å². The molecular formula is C42H31ClIN5S. The third-order valence-corrected chi connectivity index (χ3v) is 10.2. The van der Waals surface area contributed by atoms with Gasteiger partial charge in [-0.05, 0) is 62.7 Å². The summed E-state index contributed by atoms with van der Waals surface area (Å²) in [5.41, 5.74) is 8.89. The van der Waals surface area contributed by atoms with Crippen molar-refractivity contribution in [3.63, 3.8) is 0 Å². The summed E-state index contributed by atoms with van der Waals surface area (Å²) in [5, 5.41) is 10.3. The predicted octanol–water partition coefficient (Wildman–Crippen LogP) is 11.4. The Morgan fingerprint density at radius 2 is 1.40 bits per heavy atom. The van der Waals surface area contributed by atoms with Crippen molar-refractivity contribution in [2.45, 2.75) is 5.54 Å². The van der Waals surface area contributed by atoms with E-state index < -0.39 is 5.54 Å². The van der Waals surface area contributed by atoms with Crippen LogP contribution in [0.5, 0.6) is 0 Å². The summed E-state index contributed by atoms with van der Waals surface area (Å²) in [5.74, 6) is 0. The number of hydrogen-bond donors (Lipinski definition) is 1. The molecule has 2 heterocycles. The van der Waals surface area contributed by atoms with E-state index in [1.54, 1.807) is 17.5 Å². The minimum Gasteiger partial charge on any atom is -0.319 e. The summed E-state index contributed by atoms with van der Waals surface area (Å²) in [6.07, 6.45) is 7.48. The van der Waals surface area contributed by atoms with E-state index >= 15 is 0 Å². The fraction of sp³-hybridized carbons (Fsp3) is 0.0238. The van der Waals surface area contributed by atoms with E-state index in [0.29, 0.717) is 0 Å². The zero-order valence-corrected chi connectivity index (χ0v) is 30.5. The van der Waals surface area contributed by atoms with Gasteiger partial charge in [-0.3, -0.25) is 5.43 Å². The Hall–Kier alpha value is -5.09. The first-order chi connectivity index (χ1) is 24.6. The van der Waals surface area contributed by atoms with E-state index in [9.17, 15) is 0 Å². The fourth-order valence-electron chi connectivity index (χ4n) is 6.08. The summed E-state index contributed by atoms with van der Waals surface area (Å²) in [6.45, 7) is 0. The van der Waals surface area contributed by atoms with Crippen molar-refractivity contribution in [3.8, 4) is 11.3 Å². The highest BCUT2D eigenvalue weighted by Gasteiger charge is 2.39. The lowest BCUT2D eigenvalue weighted by atomic mass is 9.76. The van der Waals surface area contributed by atoms with Crippen LogP contribution in [0.4, 0.5) is 5.13 Å². The molecule has 50 heavy (non-hydrogen) atoms. The van der Waals surface area contributed by atoms with Gasteiger partial charge in [-0.25, -0.2) is 9.97 Å². The molecule has 0 aliphatic rings. The average Bonchev–Trinajstić information content (AvgIpc) is 3.88. The van der Waals surface area contributed by atoms with Crippen molar-refractivity contribution in [2.24, 2.45) is 5.10 Å². The minimum atomic E-state index is -0.586. The zero-order valence-electron chi connectivity index (χ0n) is 26.8. The highest BCUT2D eigenvalue weighted by atomic mass is 127. The third-order valence-electron chi connectivity index (χ3n) is 8.37. The Balaban J connectivity index is 0.000000157. The first kappa shape index (κ1) is 33.4. The van der Waals surface area contributed by atoms with E-state index in [2.05, 4.69) is 151 Å².